The van der Waals surface area contributed by atoms with Gasteiger partial charge in [0.2, 0.25) is 11.8 Å². The minimum absolute atomic E-state index is 0.0633. The molecule has 46 heavy (non-hydrogen) atoms. The second-order valence-electron chi connectivity index (χ2n) is 11.6. The van der Waals surface area contributed by atoms with E-state index in [1.54, 1.807) is 31.2 Å². The Morgan fingerprint density at radius 2 is 1.65 bits per heavy atom. The molecule has 244 valence electrons. The summed E-state index contributed by atoms with van der Waals surface area (Å²) < 4.78 is 8.63. The van der Waals surface area contributed by atoms with Gasteiger partial charge in [-0.05, 0) is 43.5 Å². The van der Waals surface area contributed by atoms with Gasteiger partial charge in [-0.15, -0.1) is 0 Å². The highest BCUT2D eigenvalue weighted by atomic mass is 16.7. The molecule has 2 bridgehead atoms. The van der Waals surface area contributed by atoms with Crippen LogP contribution in [0.2, 0.25) is 0 Å². The van der Waals surface area contributed by atoms with E-state index in [4.69, 9.17) is 9.57 Å². The fourth-order valence-corrected chi connectivity index (χ4v) is 6.13. The molecule has 1 aromatic heterocycles. The number of ether oxygens (including phenoxy) is 1. The number of hydroxylamine groups is 2. The number of amides is 3. The molecule has 3 heterocycles. The van der Waals surface area contributed by atoms with Crippen molar-refractivity contribution >= 4 is 23.7 Å². The largest absolute Gasteiger partial charge is 0.464 e. The number of esters is 1. The molecule has 2 atom stereocenters. The fourth-order valence-electron chi connectivity index (χ4n) is 6.13. The van der Waals surface area contributed by atoms with E-state index in [-0.39, 0.29) is 37.3 Å². The first-order valence-corrected chi connectivity index (χ1v) is 15.2. The van der Waals surface area contributed by atoms with Crippen molar-refractivity contribution in [2.24, 2.45) is 0 Å². The van der Waals surface area contributed by atoms with Crippen molar-refractivity contribution in [2.45, 2.75) is 69.6 Å². The number of aryl methyl sites for hydroxylation is 1. The van der Waals surface area contributed by atoms with Crippen LogP contribution in [0.3, 0.4) is 0 Å². The zero-order chi connectivity index (χ0) is 33.2. The smallest absolute Gasteiger partial charge is 0.352 e. The number of carbonyl (C=O) groups is 4. The van der Waals surface area contributed by atoms with Gasteiger partial charge >= 0.3 is 17.3 Å². The van der Waals surface area contributed by atoms with Crippen LogP contribution in [0.5, 0.6) is 0 Å². The first-order valence-electron chi connectivity index (χ1n) is 15.2. The van der Waals surface area contributed by atoms with Gasteiger partial charge in [0.05, 0.1) is 25.4 Å². The molecular weight excluding hydrogens is 596 g/mol. The highest BCUT2D eigenvalue weighted by Crippen LogP contribution is 2.52. The second kappa shape index (κ2) is 13.2. The quantitative estimate of drug-likeness (QED) is 0.204. The van der Waals surface area contributed by atoms with Crippen molar-refractivity contribution in [1.29, 1.82) is 0 Å². The topological polar surface area (TPSA) is 163 Å². The number of likely N-dealkylation sites (N-methyl/N-ethyl adjacent to an activating group) is 1. The number of rotatable bonds is 13. The van der Waals surface area contributed by atoms with Gasteiger partial charge in [-0.2, -0.15) is 0 Å². The van der Waals surface area contributed by atoms with Gasteiger partial charge in [0, 0.05) is 32.7 Å². The lowest BCUT2D eigenvalue weighted by Crippen LogP contribution is -2.54. The van der Waals surface area contributed by atoms with Crippen LogP contribution in [0.25, 0.3) is 5.69 Å². The number of carbonyl (C=O) groups excluding carboxylic acids is 4. The van der Waals surface area contributed by atoms with Crippen LogP contribution in [0, 0.1) is 0 Å². The molecule has 2 aromatic carbocycles. The molecule has 3 aromatic rings. The van der Waals surface area contributed by atoms with E-state index < -0.39 is 40.9 Å². The number of nitrogens with zero attached hydrogens (tertiary/aromatic N) is 4. The van der Waals surface area contributed by atoms with Crippen LogP contribution < -0.4 is 22.0 Å². The van der Waals surface area contributed by atoms with Gasteiger partial charge in [0.25, 0.3) is 5.91 Å². The average molecular weight is 635 g/mol. The lowest BCUT2D eigenvalue weighted by atomic mass is 9.74. The maximum absolute atomic E-state index is 13.4. The van der Waals surface area contributed by atoms with E-state index in [0.29, 0.717) is 24.9 Å². The minimum Gasteiger partial charge on any atom is -0.464 e. The van der Waals surface area contributed by atoms with Crippen molar-refractivity contribution in [3.63, 3.8) is 0 Å². The number of benzene rings is 2. The normalized spacial score (nSPS) is 18.9. The molecule has 0 spiro atoms. The van der Waals surface area contributed by atoms with Crippen molar-refractivity contribution in [2.75, 3.05) is 20.8 Å². The molecule has 2 N–H and O–H groups in total. The van der Waals surface area contributed by atoms with E-state index >= 15 is 0 Å². The summed E-state index contributed by atoms with van der Waals surface area (Å²) in [6.07, 6.45) is 1.35. The highest BCUT2D eigenvalue weighted by molar-refractivity contribution is 5.91. The van der Waals surface area contributed by atoms with E-state index in [1.165, 1.54) is 30.4 Å². The fraction of sp³-hybridized carbons (Fsp3) is 0.438. The summed E-state index contributed by atoms with van der Waals surface area (Å²) in [7, 11) is 2.83. The molecule has 1 saturated carbocycles. The average Bonchev–Trinajstić information content (AvgIpc) is 3.64. The van der Waals surface area contributed by atoms with Crippen LogP contribution in [0.15, 0.2) is 64.2 Å². The van der Waals surface area contributed by atoms with E-state index in [9.17, 15) is 28.8 Å². The molecule has 2 aliphatic heterocycles. The van der Waals surface area contributed by atoms with Crippen LogP contribution in [-0.4, -0.2) is 75.5 Å². The molecule has 14 heteroatoms. The van der Waals surface area contributed by atoms with Crippen molar-refractivity contribution in [3.8, 4) is 5.69 Å². The summed E-state index contributed by atoms with van der Waals surface area (Å²) in [6.45, 7) is 3.38. The lowest BCUT2D eigenvalue weighted by Gasteiger charge is -2.37. The maximum atomic E-state index is 13.4. The Bertz CT molecular complexity index is 1740. The summed E-state index contributed by atoms with van der Waals surface area (Å²) >= 11 is 0. The van der Waals surface area contributed by atoms with Gasteiger partial charge in [0.15, 0.2) is 5.54 Å². The summed E-state index contributed by atoms with van der Waals surface area (Å²) in [6, 6.07) is 13.9. The molecule has 0 radical (unpaired) electrons. The third-order valence-electron chi connectivity index (χ3n) is 8.60. The standard InChI is InChI=1S/C32H38N6O8/c1-5-46-28(41)20(2)33-27(40)25(17-22-9-7-6-8-10-22)34-26(39)16-13-21-11-14-23(15-12-21)36-30(43)37-24-18-32(19-24,38(37)31(36)44)29(42)35(3)45-4/h6-12,14-15,20,24-25H,5,13,16-19H2,1-4H3,(H,33,40)(H,34,39)/t20-,24?,25-,32?/m0/s1. The van der Waals surface area contributed by atoms with Crippen molar-refractivity contribution < 1.29 is 28.8 Å². The SMILES string of the molecule is CCOC(=O)[C@H](C)NC(=O)[C@H](Cc1ccccc1)NC(=O)CCc1ccc(-n2c(=O)n3n(c2=O)C2(C(=O)N(C)OC)CC3C2)cc1. The Morgan fingerprint density at radius 3 is 2.28 bits per heavy atom. The molecule has 3 amide bonds. The zero-order valence-corrected chi connectivity index (χ0v) is 26.2. The predicted octanol–water partition coefficient (Wildman–Crippen LogP) is 0.592. The number of nitrogens with one attached hydrogen (secondary N) is 2. The predicted molar refractivity (Wildman–Crippen MR) is 165 cm³/mol. The van der Waals surface area contributed by atoms with E-state index in [2.05, 4.69) is 10.6 Å². The highest BCUT2D eigenvalue weighted by Gasteiger charge is 2.63. The third kappa shape index (κ3) is 5.99. The van der Waals surface area contributed by atoms with Gasteiger partial charge in [-0.1, -0.05) is 42.5 Å². The molecule has 0 unspecified atom stereocenters. The maximum Gasteiger partial charge on any atom is 0.352 e. The van der Waals surface area contributed by atoms with Crippen LogP contribution >= 0.6 is 0 Å². The van der Waals surface area contributed by atoms with Gasteiger partial charge in [0.1, 0.15) is 12.1 Å². The summed E-state index contributed by atoms with van der Waals surface area (Å²) in [4.78, 5) is 82.9. The monoisotopic (exact) mass is 634 g/mol. The summed E-state index contributed by atoms with van der Waals surface area (Å²) in [5, 5.41) is 6.48. The Balaban J connectivity index is 1.25. The van der Waals surface area contributed by atoms with Crippen LogP contribution in [0.4, 0.5) is 0 Å². The lowest BCUT2D eigenvalue weighted by molar-refractivity contribution is -0.182. The zero-order valence-electron chi connectivity index (χ0n) is 26.2. The van der Waals surface area contributed by atoms with Crippen molar-refractivity contribution in [3.05, 3.63) is 86.7 Å². The van der Waals surface area contributed by atoms with Crippen LogP contribution in [-0.2, 0) is 47.1 Å². The third-order valence-corrected chi connectivity index (χ3v) is 8.60. The number of hydrogen-bond acceptors (Lipinski definition) is 8. The first kappa shape index (κ1) is 32.4. The van der Waals surface area contributed by atoms with Gasteiger partial charge in [-0.3, -0.25) is 19.2 Å². The number of hydrogen-bond donors (Lipinski definition) is 2. The molecule has 3 aliphatic rings. The Labute approximate surface area is 264 Å². The first-order chi connectivity index (χ1) is 22.0. The Kier molecular flexibility index (Phi) is 9.28. The summed E-state index contributed by atoms with van der Waals surface area (Å²) in [5.41, 5.74) is -0.311. The van der Waals surface area contributed by atoms with E-state index in [0.717, 1.165) is 20.8 Å². The molecule has 1 aliphatic carbocycles. The molecule has 6 rings (SSSR count). The number of aromatic nitrogens is 3. The molecule has 0 saturated heterocycles. The molecular formula is C32H38N6O8. The van der Waals surface area contributed by atoms with Crippen molar-refractivity contribution in [1.82, 2.24) is 29.6 Å². The Hall–Kier alpha value is -4.98. The van der Waals surface area contributed by atoms with Crippen LogP contribution in [0.1, 0.15) is 50.3 Å². The summed E-state index contributed by atoms with van der Waals surface area (Å²) in [5.74, 6) is -1.82. The van der Waals surface area contributed by atoms with Gasteiger partial charge < -0.3 is 15.4 Å². The molecule has 1 fully saturated rings. The molecule has 14 nitrogen and oxygen atoms in total. The second-order valence-corrected chi connectivity index (χ2v) is 11.6. The Morgan fingerprint density at radius 1 is 0.978 bits per heavy atom. The van der Waals surface area contributed by atoms with E-state index in [1.807, 2.05) is 30.3 Å². The minimum atomic E-state index is -1.14. The van der Waals surface area contributed by atoms with Gasteiger partial charge in [-0.25, -0.2) is 33.4 Å².